The Hall–Kier alpha value is -2.21. The average molecular weight is 392 g/mol. The van der Waals surface area contributed by atoms with Crippen LogP contribution in [0.25, 0.3) is 0 Å². The van der Waals surface area contributed by atoms with Crippen molar-refractivity contribution in [1.82, 2.24) is 0 Å². The van der Waals surface area contributed by atoms with Gasteiger partial charge in [0, 0.05) is 34.3 Å². The number of phenols is 2. The van der Waals surface area contributed by atoms with E-state index in [1.54, 1.807) is 18.2 Å². The number of rotatable bonds is 4. The van der Waals surface area contributed by atoms with Crippen molar-refractivity contribution in [3.05, 3.63) is 45.4 Å². The van der Waals surface area contributed by atoms with Crippen molar-refractivity contribution in [1.29, 1.82) is 0 Å². The van der Waals surface area contributed by atoms with Crippen molar-refractivity contribution in [2.75, 3.05) is 20.8 Å². The molecule has 6 heteroatoms. The number of methoxy groups -OCH3 is 2. The topological polar surface area (TPSA) is 71.3 Å². The molecule has 0 aromatic heterocycles. The van der Waals surface area contributed by atoms with Crippen molar-refractivity contribution < 1.29 is 19.7 Å². The largest absolute Gasteiger partial charge is 0.508 e. The van der Waals surface area contributed by atoms with E-state index in [0.29, 0.717) is 30.9 Å². The molecule has 1 heterocycles. The van der Waals surface area contributed by atoms with E-state index in [1.165, 1.54) is 14.2 Å². The standard InChI is InChI=1S/C18H18BrNO4/c1-23-16-9-13-12(17(22)18(16)24-2)5-6-20-15(13)8-10-7-11(21)3-4-14(10)19/h3-4,7,9,21-22H,5-6,8H2,1-2H3. The smallest absolute Gasteiger partial charge is 0.203 e. The Bertz CT molecular complexity index is 817. The number of aliphatic imine (C=N–C) groups is 1. The fourth-order valence-corrected chi connectivity index (χ4v) is 3.33. The lowest BCUT2D eigenvalue weighted by atomic mass is 9.92. The number of nitrogens with zero attached hydrogens (tertiary/aromatic N) is 1. The van der Waals surface area contributed by atoms with Crippen molar-refractivity contribution in [3.63, 3.8) is 0 Å². The number of aromatic hydroxyl groups is 2. The number of halogens is 1. The Morgan fingerprint density at radius 3 is 2.67 bits per heavy atom. The van der Waals surface area contributed by atoms with Crippen LogP contribution in [0.1, 0.15) is 16.7 Å². The first kappa shape index (κ1) is 16.6. The minimum atomic E-state index is 0.106. The third-order valence-electron chi connectivity index (χ3n) is 4.11. The summed E-state index contributed by atoms with van der Waals surface area (Å²) in [4.78, 5) is 4.62. The first-order valence-corrected chi connectivity index (χ1v) is 8.32. The Labute approximate surface area is 148 Å². The summed E-state index contributed by atoms with van der Waals surface area (Å²) in [7, 11) is 3.04. The summed E-state index contributed by atoms with van der Waals surface area (Å²) in [5, 5.41) is 20.2. The van der Waals surface area contributed by atoms with Crippen LogP contribution < -0.4 is 9.47 Å². The van der Waals surface area contributed by atoms with Crippen LogP contribution in [0.2, 0.25) is 0 Å². The van der Waals surface area contributed by atoms with E-state index in [4.69, 9.17) is 9.47 Å². The zero-order valence-electron chi connectivity index (χ0n) is 13.5. The molecule has 0 spiro atoms. The van der Waals surface area contributed by atoms with Gasteiger partial charge in [0.05, 0.1) is 14.2 Å². The molecule has 5 nitrogen and oxygen atoms in total. The van der Waals surface area contributed by atoms with Crippen LogP contribution in [0, 0.1) is 0 Å². The zero-order valence-corrected chi connectivity index (χ0v) is 15.1. The highest BCUT2D eigenvalue weighted by atomic mass is 79.9. The van der Waals surface area contributed by atoms with E-state index < -0.39 is 0 Å². The molecule has 2 aromatic carbocycles. The van der Waals surface area contributed by atoms with E-state index in [2.05, 4.69) is 20.9 Å². The van der Waals surface area contributed by atoms with Gasteiger partial charge in [0.25, 0.3) is 0 Å². The van der Waals surface area contributed by atoms with Gasteiger partial charge in [-0.25, -0.2) is 0 Å². The molecular formula is C18H18BrNO4. The van der Waals surface area contributed by atoms with Gasteiger partial charge in [-0.3, -0.25) is 4.99 Å². The summed E-state index contributed by atoms with van der Waals surface area (Å²) in [6.45, 7) is 0.599. The van der Waals surface area contributed by atoms with Gasteiger partial charge in [0.2, 0.25) is 5.75 Å². The van der Waals surface area contributed by atoms with Crippen molar-refractivity contribution in [2.24, 2.45) is 4.99 Å². The second kappa shape index (κ2) is 6.73. The van der Waals surface area contributed by atoms with Crippen LogP contribution in [-0.2, 0) is 12.8 Å². The van der Waals surface area contributed by atoms with Crippen LogP contribution in [0.15, 0.2) is 33.7 Å². The lowest BCUT2D eigenvalue weighted by Crippen LogP contribution is -2.16. The van der Waals surface area contributed by atoms with Gasteiger partial charge in [0.15, 0.2) is 11.5 Å². The molecule has 0 bridgehead atoms. The average Bonchev–Trinajstić information content (AvgIpc) is 2.58. The molecule has 2 N–H and O–H groups in total. The SMILES string of the molecule is COc1cc2c(c(O)c1OC)CCN=C2Cc1cc(O)ccc1Br. The number of ether oxygens (including phenoxy) is 2. The number of hydrogen-bond donors (Lipinski definition) is 2. The molecule has 2 aromatic rings. The Kier molecular flexibility index (Phi) is 4.66. The zero-order chi connectivity index (χ0) is 17.3. The minimum Gasteiger partial charge on any atom is -0.508 e. The molecular weight excluding hydrogens is 374 g/mol. The monoisotopic (exact) mass is 391 g/mol. The van der Waals surface area contributed by atoms with Gasteiger partial charge in [-0.15, -0.1) is 0 Å². The Morgan fingerprint density at radius 2 is 1.96 bits per heavy atom. The van der Waals surface area contributed by atoms with Crippen molar-refractivity contribution >= 4 is 21.6 Å². The van der Waals surface area contributed by atoms with Gasteiger partial charge >= 0.3 is 0 Å². The number of fused-ring (bicyclic) bond motifs is 1. The maximum atomic E-state index is 10.5. The third kappa shape index (κ3) is 2.94. The second-order valence-corrected chi connectivity index (χ2v) is 6.37. The first-order chi connectivity index (χ1) is 11.5. The molecule has 0 aliphatic carbocycles. The van der Waals surface area contributed by atoms with E-state index in [-0.39, 0.29) is 11.5 Å². The Balaban J connectivity index is 2.06. The van der Waals surface area contributed by atoms with Gasteiger partial charge < -0.3 is 19.7 Å². The Morgan fingerprint density at radius 1 is 1.17 bits per heavy atom. The van der Waals surface area contributed by atoms with Gasteiger partial charge in [-0.05, 0) is 36.2 Å². The molecule has 0 unspecified atom stereocenters. The van der Waals surface area contributed by atoms with Crippen LogP contribution in [0.3, 0.4) is 0 Å². The third-order valence-corrected chi connectivity index (χ3v) is 4.89. The van der Waals surface area contributed by atoms with E-state index in [0.717, 1.165) is 26.9 Å². The van der Waals surface area contributed by atoms with Crippen LogP contribution in [0.5, 0.6) is 23.0 Å². The number of benzene rings is 2. The quantitative estimate of drug-likeness (QED) is 0.836. The molecule has 126 valence electrons. The summed E-state index contributed by atoms with van der Waals surface area (Å²) in [5.41, 5.74) is 3.44. The highest BCUT2D eigenvalue weighted by Crippen LogP contribution is 2.43. The fraction of sp³-hybridized carbons (Fsp3) is 0.278. The maximum absolute atomic E-state index is 10.5. The molecule has 0 amide bonds. The van der Waals surface area contributed by atoms with E-state index in [9.17, 15) is 10.2 Å². The predicted octanol–water partition coefficient (Wildman–Crippen LogP) is 3.47. The fourth-order valence-electron chi connectivity index (χ4n) is 2.94. The molecule has 0 atom stereocenters. The molecule has 1 aliphatic rings. The second-order valence-electron chi connectivity index (χ2n) is 5.52. The van der Waals surface area contributed by atoms with Gasteiger partial charge in [-0.1, -0.05) is 15.9 Å². The van der Waals surface area contributed by atoms with E-state index >= 15 is 0 Å². The molecule has 3 rings (SSSR count). The number of phenolic OH excluding ortho intramolecular Hbond substituents is 2. The summed E-state index contributed by atoms with van der Waals surface area (Å²) in [6, 6.07) is 7.00. The van der Waals surface area contributed by atoms with Crippen molar-refractivity contribution in [2.45, 2.75) is 12.8 Å². The molecule has 0 saturated heterocycles. The highest BCUT2D eigenvalue weighted by Gasteiger charge is 2.24. The first-order valence-electron chi connectivity index (χ1n) is 7.53. The van der Waals surface area contributed by atoms with Gasteiger partial charge in [0.1, 0.15) is 5.75 Å². The van der Waals surface area contributed by atoms with Gasteiger partial charge in [-0.2, -0.15) is 0 Å². The molecule has 0 saturated carbocycles. The normalized spacial score (nSPS) is 13.2. The number of hydrogen-bond acceptors (Lipinski definition) is 5. The minimum absolute atomic E-state index is 0.106. The molecule has 1 aliphatic heterocycles. The summed E-state index contributed by atoms with van der Waals surface area (Å²) < 4.78 is 11.5. The summed E-state index contributed by atoms with van der Waals surface area (Å²) in [6.07, 6.45) is 1.18. The summed E-state index contributed by atoms with van der Waals surface area (Å²) in [5.74, 6) is 1.13. The lowest BCUT2D eigenvalue weighted by Gasteiger charge is -2.21. The molecule has 0 radical (unpaired) electrons. The van der Waals surface area contributed by atoms with Crippen LogP contribution >= 0.6 is 15.9 Å². The van der Waals surface area contributed by atoms with Crippen LogP contribution in [-0.4, -0.2) is 36.7 Å². The highest BCUT2D eigenvalue weighted by molar-refractivity contribution is 9.10. The maximum Gasteiger partial charge on any atom is 0.203 e. The van der Waals surface area contributed by atoms with Crippen molar-refractivity contribution in [3.8, 4) is 23.0 Å². The van der Waals surface area contributed by atoms with E-state index in [1.807, 2.05) is 6.07 Å². The van der Waals surface area contributed by atoms with Crippen LogP contribution in [0.4, 0.5) is 0 Å². The predicted molar refractivity (Wildman–Crippen MR) is 95.8 cm³/mol. The molecule has 0 fully saturated rings. The molecule has 24 heavy (non-hydrogen) atoms. The lowest BCUT2D eigenvalue weighted by molar-refractivity contribution is 0.331. The summed E-state index contributed by atoms with van der Waals surface area (Å²) >= 11 is 3.50.